The molecule has 0 aliphatic rings. The van der Waals surface area contributed by atoms with Crippen LogP contribution in [0.4, 0.5) is 34.1 Å². The predicted octanol–water partition coefficient (Wildman–Crippen LogP) is 11.9. The van der Waals surface area contributed by atoms with E-state index in [0.717, 1.165) is 67.7 Å². The van der Waals surface area contributed by atoms with Gasteiger partial charge in [-0.1, -0.05) is 133 Å². The van der Waals surface area contributed by atoms with Crippen LogP contribution in [0.1, 0.15) is 0 Å². The summed E-state index contributed by atoms with van der Waals surface area (Å²) < 4.78 is 10.1. The molecular weight excluding hydrogens is 645 g/mol. The molecule has 0 saturated carbocycles. The Labute approximate surface area is 299 Å². The van der Waals surface area contributed by atoms with E-state index in [0.29, 0.717) is 11.0 Å². The quantitative estimate of drug-likeness (QED) is 0.150. The van der Waals surface area contributed by atoms with Gasteiger partial charge in [0.1, 0.15) is 33.4 Å². The molecular formula is C44H30N6S. The van der Waals surface area contributed by atoms with E-state index in [1.807, 2.05) is 60.7 Å². The van der Waals surface area contributed by atoms with Crippen molar-refractivity contribution in [2.45, 2.75) is 0 Å². The molecule has 9 rings (SSSR count). The van der Waals surface area contributed by atoms with Crippen molar-refractivity contribution in [3.63, 3.8) is 0 Å². The number of aromatic nitrogens is 4. The van der Waals surface area contributed by atoms with Crippen LogP contribution in [0.25, 0.3) is 44.6 Å². The molecule has 0 fully saturated rings. The van der Waals surface area contributed by atoms with E-state index in [9.17, 15) is 0 Å². The normalized spacial score (nSPS) is 11.1. The third kappa shape index (κ3) is 5.56. The minimum atomic E-state index is 0.716. The fourth-order valence-electron chi connectivity index (χ4n) is 6.63. The zero-order chi connectivity index (χ0) is 34.0. The molecule has 9 aromatic rings. The fraction of sp³-hybridized carbons (Fsp3) is 0. The number of anilines is 6. The van der Waals surface area contributed by atoms with Crippen LogP contribution in [-0.4, -0.2) is 18.7 Å². The summed E-state index contributed by atoms with van der Waals surface area (Å²) in [5.74, 6) is 0. The summed E-state index contributed by atoms with van der Waals surface area (Å²) in [6, 6.07) is 62.1. The van der Waals surface area contributed by atoms with Gasteiger partial charge in [0.05, 0.1) is 23.1 Å². The molecule has 242 valence electrons. The lowest BCUT2D eigenvalue weighted by Crippen LogP contribution is -2.16. The Morgan fingerprint density at radius 1 is 0.314 bits per heavy atom. The molecule has 51 heavy (non-hydrogen) atoms. The smallest absolute Gasteiger partial charge is 0.133 e. The Morgan fingerprint density at radius 3 is 0.882 bits per heavy atom. The summed E-state index contributed by atoms with van der Waals surface area (Å²) in [6.07, 6.45) is 0. The second-order valence-electron chi connectivity index (χ2n) is 12.0. The Balaban J connectivity index is 1.49. The second-order valence-corrected chi connectivity index (χ2v) is 12.6. The van der Waals surface area contributed by atoms with Gasteiger partial charge >= 0.3 is 0 Å². The Morgan fingerprint density at radius 2 is 0.588 bits per heavy atom. The maximum atomic E-state index is 5.66. The summed E-state index contributed by atoms with van der Waals surface area (Å²) in [7, 11) is 0. The number of hydrogen-bond donors (Lipinski definition) is 0. The average molecular weight is 675 g/mol. The van der Waals surface area contributed by atoms with E-state index < -0.39 is 0 Å². The van der Waals surface area contributed by atoms with Gasteiger partial charge < -0.3 is 9.80 Å². The molecule has 2 aromatic heterocycles. The molecule has 0 amide bonds. The average Bonchev–Trinajstić information content (AvgIpc) is 3.70. The summed E-state index contributed by atoms with van der Waals surface area (Å²) in [4.78, 5) is 15.8. The molecule has 6 nitrogen and oxygen atoms in total. The van der Waals surface area contributed by atoms with E-state index in [-0.39, 0.29) is 0 Å². The molecule has 7 heteroatoms. The van der Waals surface area contributed by atoms with Crippen molar-refractivity contribution in [2.75, 3.05) is 9.80 Å². The summed E-state index contributed by atoms with van der Waals surface area (Å²) in [5, 5.41) is 0. The molecule has 0 N–H and O–H groups in total. The molecule has 0 aliphatic heterocycles. The lowest BCUT2D eigenvalue weighted by Gasteiger charge is -2.30. The topological polar surface area (TPSA) is 58.0 Å². The number of rotatable bonds is 8. The number of fused-ring (bicyclic) bond motifs is 2. The fourth-order valence-corrected chi connectivity index (χ4v) is 7.18. The van der Waals surface area contributed by atoms with Crippen molar-refractivity contribution in [1.82, 2.24) is 18.7 Å². The van der Waals surface area contributed by atoms with E-state index in [1.54, 1.807) is 0 Å². The van der Waals surface area contributed by atoms with Crippen molar-refractivity contribution in [3.05, 3.63) is 182 Å². The number of nitrogens with zero attached hydrogens (tertiary/aromatic N) is 6. The Bertz CT molecular complexity index is 2310. The molecule has 0 atom stereocenters. The number of benzene rings is 7. The largest absolute Gasteiger partial charge is 0.306 e. The lowest BCUT2D eigenvalue weighted by atomic mass is 10.0. The lowest BCUT2D eigenvalue weighted by molar-refractivity contribution is 1.23. The van der Waals surface area contributed by atoms with Crippen LogP contribution < -0.4 is 9.80 Å². The van der Waals surface area contributed by atoms with E-state index in [4.69, 9.17) is 18.7 Å². The first-order valence-electron chi connectivity index (χ1n) is 16.8. The highest BCUT2D eigenvalue weighted by Gasteiger charge is 2.31. The Hall–Kier alpha value is -6.70. The summed E-state index contributed by atoms with van der Waals surface area (Å²) in [6.45, 7) is 0. The van der Waals surface area contributed by atoms with Crippen LogP contribution in [0.3, 0.4) is 0 Å². The predicted molar refractivity (Wildman–Crippen MR) is 211 cm³/mol. The molecule has 0 bridgehead atoms. The highest BCUT2D eigenvalue weighted by molar-refractivity contribution is 7.00. The van der Waals surface area contributed by atoms with Crippen LogP contribution >= 0.6 is 11.7 Å². The first kappa shape index (κ1) is 30.4. The zero-order valence-electron chi connectivity index (χ0n) is 27.4. The van der Waals surface area contributed by atoms with Gasteiger partial charge in [-0.2, -0.15) is 8.75 Å². The standard InChI is InChI=1S/C44H30N6S/c1-7-19-31(20-8-1)37-38(32-21-9-2-10-22-32)46-40-39(45-37)43(49(33-23-11-3-12-24-33)34-25-13-4-14-26-34)41-42(48-51-47-41)44(40)50(35-27-15-5-16-28-35)36-29-17-6-18-30-36/h1-30H. The first-order valence-corrected chi connectivity index (χ1v) is 17.5. The maximum Gasteiger partial charge on any atom is 0.133 e. The van der Waals surface area contributed by atoms with Crippen LogP contribution in [0.15, 0.2) is 182 Å². The van der Waals surface area contributed by atoms with E-state index >= 15 is 0 Å². The molecule has 2 heterocycles. The van der Waals surface area contributed by atoms with Gasteiger partial charge in [-0.15, -0.1) is 0 Å². The highest BCUT2D eigenvalue weighted by Crippen LogP contribution is 2.50. The van der Waals surface area contributed by atoms with Crippen molar-refractivity contribution in [1.29, 1.82) is 0 Å². The summed E-state index contributed by atoms with van der Waals surface area (Å²) in [5.41, 5.74) is 12.0. The molecule has 0 saturated heterocycles. The van der Waals surface area contributed by atoms with Gasteiger partial charge in [-0.3, -0.25) is 0 Å². The van der Waals surface area contributed by atoms with Crippen LogP contribution in [0, 0.1) is 0 Å². The first-order chi connectivity index (χ1) is 25.3. The number of hydrogen-bond acceptors (Lipinski definition) is 7. The molecule has 7 aromatic carbocycles. The van der Waals surface area contributed by atoms with E-state index in [2.05, 4.69) is 131 Å². The van der Waals surface area contributed by atoms with Crippen molar-refractivity contribution in [2.24, 2.45) is 0 Å². The molecule has 0 radical (unpaired) electrons. The molecule has 0 spiro atoms. The number of para-hydroxylation sites is 4. The van der Waals surface area contributed by atoms with Gasteiger partial charge in [-0.25, -0.2) is 9.97 Å². The zero-order valence-corrected chi connectivity index (χ0v) is 28.2. The molecule has 0 unspecified atom stereocenters. The molecule has 0 aliphatic carbocycles. The summed E-state index contributed by atoms with van der Waals surface area (Å²) >= 11 is 1.20. The van der Waals surface area contributed by atoms with Gasteiger partial charge in [-0.05, 0) is 48.5 Å². The van der Waals surface area contributed by atoms with Crippen LogP contribution in [-0.2, 0) is 0 Å². The monoisotopic (exact) mass is 674 g/mol. The third-order valence-electron chi connectivity index (χ3n) is 8.88. The minimum Gasteiger partial charge on any atom is -0.306 e. The maximum absolute atomic E-state index is 5.66. The minimum absolute atomic E-state index is 0.716. The SMILES string of the molecule is c1ccc(-c2nc3c(N(c4ccccc4)c4ccccc4)c4nsnc4c(N(c4ccccc4)c4ccccc4)c3nc2-c2ccccc2)cc1. The second kappa shape index (κ2) is 13.3. The van der Waals surface area contributed by atoms with Crippen molar-refractivity contribution >= 4 is 67.9 Å². The Kier molecular flexibility index (Phi) is 7.92. The third-order valence-corrected chi connectivity index (χ3v) is 9.41. The van der Waals surface area contributed by atoms with Crippen LogP contribution in [0.5, 0.6) is 0 Å². The van der Waals surface area contributed by atoms with Crippen molar-refractivity contribution in [3.8, 4) is 22.5 Å². The highest BCUT2D eigenvalue weighted by atomic mass is 32.1. The van der Waals surface area contributed by atoms with Gasteiger partial charge in [0.25, 0.3) is 0 Å². The van der Waals surface area contributed by atoms with Gasteiger partial charge in [0.15, 0.2) is 0 Å². The van der Waals surface area contributed by atoms with Crippen LogP contribution in [0.2, 0.25) is 0 Å². The van der Waals surface area contributed by atoms with Crippen molar-refractivity contribution < 1.29 is 0 Å². The van der Waals surface area contributed by atoms with Gasteiger partial charge in [0.2, 0.25) is 0 Å². The van der Waals surface area contributed by atoms with Gasteiger partial charge in [0, 0.05) is 33.9 Å². The van der Waals surface area contributed by atoms with E-state index in [1.165, 1.54) is 11.7 Å².